The number of phosphoric acid groups is 1. The van der Waals surface area contributed by atoms with Crippen molar-refractivity contribution in [3.05, 3.63) is 0 Å². The summed E-state index contributed by atoms with van der Waals surface area (Å²) in [4.78, 5) is 21.6. The summed E-state index contributed by atoms with van der Waals surface area (Å²) in [7, 11) is -4.64. The molecule has 0 fully saturated rings. The molecule has 0 atom stereocenters. The topological polar surface area (TPSA) is 77.8 Å². The molecule has 0 saturated heterocycles. The predicted molar refractivity (Wildman–Crippen MR) is 14.3 cm³/mol. The average Bonchev–Trinajstić information content (AvgIpc) is 0.722. The van der Waals surface area contributed by atoms with Crippen LogP contribution in [0.4, 0.5) is 0 Å². The fourth-order valence-corrected chi connectivity index (χ4v) is 0. The fourth-order valence-electron chi connectivity index (χ4n) is 0. The predicted octanol–water partition coefficient (Wildman–Crippen LogP) is -0.934. The molecule has 0 unspecified atom stereocenters. The van der Waals surface area contributed by atoms with E-state index in [2.05, 4.69) is 0 Å². The van der Waals surface area contributed by atoms with Gasteiger partial charge in [-0.1, -0.05) is 0 Å². The second-order valence-corrected chi connectivity index (χ2v) is 1.54. The Morgan fingerprint density at radius 3 is 1.14 bits per heavy atom. The Hall–Kier alpha value is 1.56. The summed E-state index contributed by atoms with van der Waals surface area (Å²) in [5, 5.41) is 0. The summed E-state index contributed by atoms with van der Waals surface area (Å²) in [6.45, 7) is 0. The van der Waals surface area contributed by atoms with Gasteiger partial charge in [-0.25, -0.2) is 4.57 Å². The number of hydrogen-bond donors (Lipinski definition) is 3. The van der Waals surface area contributed by atoms with Gasteiger partial charge < -0.3 is 14.7 Å². The maximum atomic E-state index is 8.88. The van der Waals surface area contributed by atoms with Gasteiger partial charge >= 0.3 is 7.82 Å². The molecule has 4 nitrogen and oxygen atoms in total. The normalized spacial score (nSPS) is 8.43. The van der Waals surface area contributed by atoms with Gasteiger partial charge in [0.1, 0.15) is 0 Å². The molecule has 7 heteroatoms. The molecule has 0 aliphatic heterocycles. The molecule has 3 N–H and O–H groups in total. The van der Waals surface area contributed by atoms with Crippen molar-refractivity contribution in [3.8, 4) is 0 Å². The Labute approximate surface area is 70.9 Å². The van der Waals surface area contributed by atoms with Crippen LogP contribution in [0.2, 0.25) is 0 Å². The molecule has 0 spiro atoms. The molecule has 0 aromatic heterocycles. The van der Waals surface area contributed by atoms with E-state index < -0.39 is 7.82 Å². The van der Waals surface area contributed by atoms with Crippen LogP contribution < -0.4 is 0 Å². The minimum absolute atomic E-state index is 0. The maximum Gasteiger partial charge on any atom is 0.466 e. The molecule has 0 rings (SSSR count). The number of hydrogen-bond acceptors (Lipinski definition) is 1. The van der Waals surface area contributed by atoms with Crippen molar-refractivity contribution in [3.63, 3.8) is 0 Å². The van der Waals surface area contributed by atoms with E-state index in [0.717, 1.165) is 0 Å². The first-order valence-electron chi connectivity index (χ1n) is 0.783. The SMILES string of the molecule is O=P(O)(O)O.[Nb].[Ti]. The van der Waals surface area contributed by atoms with Crippen LogP contribution in [0.15, 0.2) is 0 Å². The smallest absolute Gasteiger partial charge is 0.303 e. The van der Waals surface area contributed by atoms with Crippen molar-refractivity contribution in [1.82, 2.24) is 0 Å². The summed E-state index contributed by atoms with van der Waals surface area (Å²) in [5.41, 5.74) is 0. The second kappa shape index (κ2) is 5.70. The monoisotopic (exact) mass is 239 g/mol. The van der Waals surface area contributed by atoms with Crippen LogP contribution in [0, 0.1) is 0 Å². The number of rotatable bonds is 0. The zero-order valence-corrected chi connectivity index (χ0v) is 7.80. The first-order valence-corrected chi connectivity index (χ1v) is 2.35. The molecule has 0 bridgehead atoms. The van der Waals surface area contributed by atoms with Crippen molar-refractivity contribution in [2.75, 3.05) is 0 Å². The van der Waals surface area contributed by atoms with Crippen LogP contribution in [-0.2, 0) is 48.7 Å². The summed E-state index contributed by atoms with van der Waals surface area (Å²) >= 11 is 0. The van der Waals surface area contributed by atoms with E-state index in [4.69, 9.17) is 19.2 Å². The Balaban J connectivity index is -0.0000000800. The van der Waals surface area contributed by atoms with E-state index in [1.54, 1.807) is 0 Å². The van der Waals surface area contributed by atoms with Crippen molar-refractivity contribution in [2.24, 2.45) is 0 Å². The van der Waals surface area contributed by atoms with Crippen LogP contribution in [0.5, 0.6) is 0 Å². The molecule has 7 heavy (non-hydrogen) atoms. The van der Waals surface area contributed by atoms with Gasteiger partial charge in [0.2, 0.25) is 0 Å². The van der Waals surface area contributed by atoms with E-state index in [0.29, 0.717) is 0 Å². The largest absolute Gasteiger partial charge is 0.466 e. The maximum absolute atomic E-state index is 8.88. The van der Waals surface area contributed by atoms with Crippen LogP contribution >= 0.6 is 7.82 Å². The van der Waals surface area contributed by atoms with Gasteiger partial charge in [-0.2, -0.15) is 0 Å². The molecule has 0 amide bonds. The molecule has 41 valence electrons. The molecule has 0 aliphatic rings. The third-order valence-corrected chi connectivity index (χ3v) is 0. The van der Waals surface area contributed by atoms with E-state index >= 15 is 0 Å². The molecular weight excluding hydrogens is 236 g/mol. The molecule has 1 radical (unpaired) electrons. The third kappa shape index (κ3) is 95.7. The van der Waals surface area contributed by atoms with Gasteiger partial charge in [0.15, 0.2) is 0 Å². The van der Waals surface area contributed by atoms with Gasteiger partial charge in [0.25, 0.3) is 0 Å². The van der Waals surface area contributed by atoms with Crippen molar-refractivity contribution in [2.45, 2.75) is 0 Å². The zero-order chi connectivity index (χ0) is 4.50. The van der Waals surface area contributed by atoms with Crippen molar-refractivity contribution >= 4 is 7.82 Å². The average molecular weight is 239 g/mol. The molecule has 0 aliphatic carbocycles. The minimum atomic E-state index is -4.64. The summed E-state index contributed by atoms with van der Waals surface area (Å²) < 4.78 is 8.88. The van der Waals surface area contributed by atoms with Gasteiger partial charge in [-0.05, 0) is 0 Å². The van der Waals surface area contributed by atoms with Crippen LogP contribution in [0.25, 0.3) is 0 Å². The third-order valence-electron chi connectivity index (χ3n) is 0. The van der Waals surface area contributed by atoms with Gasteiger partial charge in [0, 0.05) is 44.1 Å². The summed E-state index contributed by atoms with van der Waals surface area (Å²) in [6.07, 6.45) is 0. The Morgan fingerprint density at radius 2 is 1.14 bits per heavy atom. The molecule has 0 aromatic rings. The van der Waals surface area contributed by atoms with E-state index in [-0.39, 0.29) is 44.1 Å². The quantitative estimate of drug-likeness (QED) is 0.376. The molecule has 0 saturated carbocycles. The standard InChI is InChI=1S/Nb.H3O4P.Ti/c;1-5(2,3)4;/h;(H3,1,2,3,4);. The van der Waals surface area contributed by atoms with E-state index in [1.807, 2.05) is 0 Å². The summed E-state index contributed by atoms with van der Waals surface area (Å²) in [6, 6.07) is 0. The molecular formula is H3NbO4PTi. The fraction of sp³-hybridized carbons (Fsp3) is 0. The van der Waals surface area contributed by atoms with E-state index in [9.17, 15) is 0 Å². The van der Waals surface area contributed by atoms with Crippen LogP contribution in [0.3, 0.4) is 0 Å². The van der Waals surface area contributed by atoms with Crippen molar-refractivity contribution < 1.29 is 63.3 Å². The molecule has 0 aromatic carbocycles. The first kappa shape index (κ1) is 15.8. The van der Waals surface area contributed by atoms with Crippen molar-refractivity contribution in [1.29, 1.82) is 0 Å². The Bertz CT molecular complexity index is 57.8. The van der Waals surface area contributed by atoms with E-state index in [1.165, 1.54) is 0 Å². The first-order chi connectivity index (χ1) is 2.00. The summed E-state index contributed by atoms with van der Waals surface area (Å²) in [5.74, 6) is 0. The van der Waals surface area contributed by atoms with Gasteiger partial charge in [-0.3, -0.25) is 0 Å². The molecule has 0 heterocycles. The van der Waals surface area contributed by atoms with Gasteiger partial charge in [-0.15, -0.1) is 0 Å². The second-order valence-electron chi connectivity index (χ2n) is 0.513. The minimum Gasteiger partial charge on any atom is -0.303 e. The van der Waals surface area contributed by atoms with Gasteiger partial charge in [0.05, 0.1) is 0 Å². The zero-order valence-electron chi connectivity index (χ0n) is 3.14. The van der Waals surface area contributed by atoms with Crippen LogP contribution in [0.1, 0.15) is 0 Å². The van der Waals surface area contributed by atoms with Crippen LogP contribution in [-0.4, -0.2) is 14.7 Å². The Morgan fingerprint density at radius 1 is 1.14 bits per heavy atom. The Kier molecular flexibility index (Phi) is 12.9.